The zero-order valence-electron chi connectivity index (χ0n) is 28.3. The fourth-order valence-electron chi connectivity index (χ4n) is 7.24. The van der Waals surface area contributed by atoms with E-state index in [1.807, 2.05) is 60.7 Å². The van der Waals surface area contributed by atoms with E-state index in [-0.39, 0.29) is 34.4 Å². The number of carbonyl (C=O) groups is 2. The van der Waals surface area contributed by atoms with Crippen LogP contribution in [0.1, 0.15) is 102 Å². The Bertz CT molecular complexity index is 1630. The highest BCUT2D eigenvalue weighted by atomic mass is 16.7. The third-order valence-corrected chi connectivity index (χ3v) is 10.4. The SMILES string of the molecule is CC(C)(C)c1ccc(NC(=O)C2CCC3(CC2)CC(c2ccccc2)=NO3)cc1.O=C(O)C1CCC2(CC1)CC(c1ccccc1)=NO2. The Morgan fingerprint density at radius 3 is 1.54 bits per heavy atom. The molecule has 7 rings (SSSR count). The van der Waals surface area contributed by atoms with Crippen molar-refractivity contribution in [1.29, 1.82) is 0 Å². The van der Waals surface area contributed by atoms with Crippen LogP contribution in [-0.4, -0.2) is 39.6 Å². The van der Waals surface area contributed by atoms with Crippen LogP contribution in [0.4, 0.5) is 5.69 Å². The molecule has 2 saturated carbocycles. The third-order valence-electron chi connectivity index (χ3n) is 10.4. The van der Waals surface area contributed by atoms with Crippen molar-refractivity contribution in [3.8, 4) is 0 Å². The molecule has 2 aliphatic carbocycles. The highest BCUT2D eigenvalue weighted by Gasteiger charge is 2.45. The van der Waals surface area contributed by atoms with Gasteiger partial charge in [0.15, 0.2) is 0 Å². The molecule has 2 heterocycles. The lowest BCUT2D eigenvalue weighted by atomic mass is 9.76. The number of carboxylic acid groups (broad SMARTS) is 1. The molecular formula is C40H47N3O5. The minimum Gasteiger partial charge on any atom is -0.481 e. The molecule has 8 nitrogen and oxygen atoms in total. The fourth-order valence-corrected chi connectivity index (χ4v) is 7.24. The first-order valence-corrected chi connectivity index (χ1v) is 17.3. The molecule has 0 aromatic heterocycles. The number of benzene rings is 3. The molecule has 0 bridgehead atoms. The summed E-state index contributed by atoms with van der Waals surface area (Å²) in [6.45, 7) is 6.57. The van der Waals surface area contributed by atoms with Crippen LogP contribution in [0, 0.1) is 11.8 Å². The first-order chi connectivity index (χ1) is 23.0. The Balaban J connectivity index is 0.000000182. The number of hydrogen-bond donors (Lipinski definition) is 2. The van der Waals surface area contributed by atoms with Crippen LogP contribution in [0.2, 0.25) is 0 Å². The molecule has 0 atom stereocenters. The largest absolute Gasteiger partial charge is 0.481 e. The molecule has 252 valence electrons. The number of carbonyl (C=O) groups excluding carboxylic acids is 1. The van der Waals surface area contributed by atoms with E-state index in [2.05, 4.69) is 60.7 Å². The van der Waals surface area contributed by atoms with E-state index in [0.29, 0.717) is 12.8 Å². The average Bonchev–Trinajstić information content (AvgIpc) is 3.71. The number of nitrogens with one attached hydrogen (secondary N) is 1. The van der Waals surface area contributed by atoms with Crippen LogP contribution in [0.25, 0.3) is 0 Å². The van der Waals surface area contributed by atoms with Gasteiger partial charge in [-0.2, -0.15) is 0 Å². The van der Waals surface area contributed by atoms with Gasteiger partial charge in [0.25, 0.3) is 0 Å². The van der Waals surface area contributed by atoms with Gasteiger partial charge in [-0.25, -0.2) is 0 Å². The molecule has 1 amide bonds. The summed E-state index contributed by atoms with van der Waals surface area (Å²) in [5.74, 6) is -0.745. The number of hydrogen-bond acceptors (Lipinski definition) is 6. The van der Waals surface area contributed by atoms with Crippen molar-refractivity contribution < 1.29 is 24.4 Å². The Morgan fingerprint density at radius 1 is 0.688 bits per heavy atom. The van der Waals surface area contributed by atoms with E-state index in [9.17, 15) is 9.59 Å². The normalized spacial score (nSPS) is 26.4. The van der Waals surface area contributed by atoms with Gasteiger partial charge in [-0.1, -0.05) is 104 Å². The Morgan fingerprint density at radius 2 is 1.12 bits per heavy atom. The van der Waals surface area contributed by atoms with Gasteiger partial charge in [0.1, 0.15) is 11.2 Å². The zero-order chi connectivity index (χ0) is 33.8. The van der Waals surface area contributed by atoms with Crippen molar-refractivity contribution in [3.05, 3.63) is 102 Å². The minimum absolute atomic E-state index is 0.0345. The molecule has 3 aromatic carbocycles. The molecule has 48 heavy (non-hydrogen) atoms. The molecule has 2 fully saturated rings. The van der Waals surface area contributed by atoms with Crippen molar-refractivity contribution in [1.82, 2.24) is 0 Å². The number of anilines is 1. The van der Waals surface area contributed by atoms with E-state index in [1.54, 1.807) is 0 Å². The average molecular weight is 650 g/mol. The number of oxime groups is 2. The highest BCUT2D eigenvalue weighted by molar-refractivity contribution is 6.02. The summed E-state index contributed by atoms with van der Waals surface area (Å²) in [5.41, 5.74) is 6.00. The molecule has 0 radical (unpaired) electrons. The van der Waals surface area contributed by atoms with Crippen molar-refractivity contribution in [2.75, 3.05) is 5.32 Å². The number of nitrogens with zero attached hydrogens (tertiary/aromatic N) is 2. The molecular weight excluding hydrogens is 602 g/mol. The van der Waals surface area contributed by atoms with Gasteiger partial charge in [-0.05, 0) is 85.6 Å². The minimum atomic E-state index is -0.683. The molecule has 2 aliphatic heterocycles. The maximum absolute atomic E-state index is 12.8. The summed E-state index contributed by atoms with van der Waals surface area (Å²) in [6.07, 6.45) is 7.98. The summed E-state index contributed by atoms with van der Waals surface area (Å²) in [4.78, 5) is 35.3. The number of amides is 1. The lowest BCUT2D eigenvalue weighted by Crippen LogP contribution is -2.37. The van der Waals surface area contributed by atoms with Crippen LogP contribution in [0.5, 0.6) is 0 Å². The van der Waals surface area contributed by atoms with Gasteiger partial charge < -0.3 is 20.1 Å². The number of rotatable bonds is 5. The van der Waals surface area contributed by atoms with Crippen LogP contribution in [0.15, 0.2) is 95.2 Å². The topological polar surface area (TPSA) is 110 Å². The van der Waals surface area contributed by atoms with Gasteiger partial charge in [0.2, 0.25) is 5.91 Å². The third kappa shape index (κ3) is 7.80. The Hall–Kier alpha value is -4.46. The van der Waals surface area contributed by atoms with E-state index in [0.717, 1.165) is 79.6 Å². The fraction of sp³-hybridized carbons (Fsp3) is 0.450. The summed E-state index contributed by atoms with van der Waals surface area (Å²) in [5, 5.41) is 20.7. The quantitative estimate of drug-likeness (QED) is 0.288. The van der Waals surface area contributed by atoms with Gasteiger partial charge in [-0.3, -0.25) is 9.59 Å². The molecule has 0 unspecified atom stereocenters. The molecule has 2 N–H and O–H groups in total. The Labute approximate surface area is 283 Å². The van der Waals surface area contributed by atoms with Crippen LogP contribution in [0.3, 0.4) is 0 Å². The number of aliphatic carboxylic acids is 1. The Kier molecular flexibility index (Phi) is 9.72. The summed E-state index contributed by atoms with van der Waals surface area (Å²) < 4.78 is 0. The van der Waals surface area contributed by atoms with Crippen molar-refractivity contribution >= 4 is 29.0 Å². The predicted molar refractivity (Wildman–Crippen MR) is 188 cm³/mol. The monoisotopic (exact) mass is 649 g/mol. The lowest BCUT2D eigenvalue weighted by molar-refractivity contribution is -0.145. The van der Waals surface area contributed by atoms with Crippen molar-refractivity contribution in [2.24, 2.45) is 22.1 Å². The predicted octanol–water partition coefficient (Wildman–Crippen LogP) is 8.50. The summed E-state index contributed by atoms with van der Waals surface area (Å²) in [7, 11) is 0. The van der Waals surface area contributed by atoms with E-state index in [1.165, 1.54) is 5.56 Å². The second kappa shape index (κ2) is 14.0. The highest BCUT2D eigenvalue weighted by Crippen LogP contribution is 2.43. The van der Waals surface area contributed by atoms with Crippen LogP contribution >= 0.6 is 0 Å². The van der Waals surface area contributed by atoms with Crippen molar-refractivity contribution in [2.45, 2.75) is 102 Å². The van der Waals surface area contributed by atoms with Gasteiger partial charge in [-0.15, -0.1) is 0 Å². The maximum Gasteiger partial charge on any atom is 0.306 e. The van der Waals surface area contributed by atoms with Gasteiger partial charge in [0.05, 0.1) is 17.3 Å². The standard InChI is InChI=1S/C25H30N2O2.C15H17NO3/c1-24(2,3)20-9-11-21(12-10-20)26-23(28)19-13-15-25(16-14-19)17-22(27-29-25)18-7-5-4-6-8-18;17-14(18)12-6-8-15(9-7-12)10-13(16-19-15)11-4-2-1-3-5-11/h4-12,19H,13-17H2,1-3H3,(H,26,28);1-5,12H,6-10H2,(H,17,18). The number of carboxylic acids is 1. The lowest BCUT2D eigenvalue weighted by Gasteiger charge is -2.34. The second-order valence-electron chi connectivity index (χ2n) is 14.9. The smallest absolute Gasteiger partial charge is 0.306 e. The van der Waals surface area contributed by atoms with Crippen molar-refractivity contribution in [3.63, 3.8) is 0 Å². The van der Waals surface area contributed by atoms with Crippen LogP contribution < -0.4 is 5.32 Å². The molecule has 0 saturated heterocycles. The van der Waals surface area contributed by atoms with Crippen LogP contribution in [-0.2, 0) is 24.7 Å². The van der Waals surface area contributed by atoms with Gasteiger partial charge in [0, 0.05) is 24.4 Å². The molecule has 4 aliphatic rings. The molecule has 3 aromatic rings. The zero-order valence-corrected chi connectivity index (χ0v) is 28.3. The second-order valence-corrected chi connectivity index (χ2v) is 14.9. The maximum atomic E-state index is 12.8. The van der Waals surface area contributed by atoms with Gasteiger partial charge >= 0.3 is 5.97 Å². The first kappa shape index (κ1) is 33.4. The molecule has 2 spiro atoms. The molecule has 8 heteroatoms. The summed E-state index contributed by atoms with van der Waals surface area (Å²) >= 11 is 0. The summed E-state index contributed by atoms with van der Waals surface area (Å²) in [6, 6.07) is 28.4. The van der Waals surface area contributed by atoms with E-state index in [4.69, 9.17) is 14.8 Å². The van der Waals surface area contributed by atoms with E-state index < -0.39 is 5.97 Å². The first-order valence-electron chi connectivity index (χ1n) is 17.3. The van der Waals surface area contributed by atoms with E-state index >= 15 is 0 Å².